The molecule has 1 amide bonds. The average Bonchev–Trinajstić information content (AvgIpc) is 2.98. The largest absolute Gasteiger partial charge is 0.480 e. The molecule has 0 radical (unpaired) electrons. The van der Waals surface area contributed by atoms with Crippen molar-refractivity contribution in [3.63, 3.8) is 0 Å². The first-order valence-corrected chi connectivity index (χ1v) is 6.62. The van der Waals surface area contributed by atoms with E-state index in [4.69, 9.17) is 0 Å². The molecule has 19 heavy (non-hydrogen) atoms. The maximum absolute atomic E-state index is 12.4. The second-order valence-electron chi connectivity index (χ2n) is 5.33. The van der Waals surface area contributed by atoms with Gasteiger partial charge in [-0.1, -0.05) is 6.42 Å². The molecule has 1 saturated heterocycles. The van der Waals surface area contributed by atoms with E-state index in [9.17, 15) is 14.7 Å². The van der Waals surface area contributed by atoms with Crippen LogP contribution in [0.15, 0.2) is 24.5 Å². The van der Waals surface area contributed by atoms with Gasteiger partial charge in [0.15, 0.2) is 0 Å². The van der Waals surface area contributed by atoms with Crippen molar-refractivity contribution in [3.05, 3.63) is 30.1 Å². The lowest BCUT2D eigenvalue weighted by Crippen LogP contribution is -2.43. The van der Waals surface area contributed by atoms with Crippen LogP contribution in [0.25, 0.3) is 0 Å². The van der Waals surface area contributed by atoms with E-state index in [2.05, 4.69) is 4.98 Å². The van der Waals surface area contributed by atoms with Crippen molar-refractivity contribution in [2.24, 2.45) is 11.8 Å². The predicted molar refractivity (Wildman–Crippen MR) is 67.5 cm³/mol. The highest BCUT2D eigenvalue weighted by atomic mass is 16.4. The molecule has 2 fully saturated rings. The highest BCUT2D eigenvalue weighted by molar-refractivity contribution is 5.97. The molecule has 1 aromatic heterocycles. The maximum Gasteiger partial charge on any atom is 0.326 e. The normalized spacial score (nSPS) is 29.3. The lowest BCUT2D eigenvalue weighted by Gasteiger charge is -2.24. The topological polar surface area (TPSA) is 70.5 Å². The molecule has 0 aromatic carbocycles. The summed E-state index contributed by atoms with van der Waals surface area (Å²) in [5, 5.41) is 9.42. The Kier molecular flexibility index (Phi) is 2.97. The van der Waals surface area contributed by atoms with Crippen LogP contribution in [0.5, 0.6) is 0 Å². The van der Waals surface area contributed by atoms with E-state index in [1.807, 2.05) is 0 Å². The van der Waals surface area contributed by atoms with E-state index < -0.39 is 12.0 Å². The van der Waals surface area contributed by atoms with Gasteiger partial charge < -0.3 is 10.0 Å². The number of rotatable bonds is 2. The first-order valence-electron chi connectivity index (χ1n) is 6.62. The van der Waals surface area contributed by atoms with Crippen molar-refractivity contribution in [3.8, 4) is 0 Å². The molecule has 1 aliphatic heterocycles. The van der Waals surface area contributed by atoms with Gasteiger partial charge in [0, 0.05) is 24.5 Å². The van der Waals surface area contributed by atoms with E-state index >= 15 is 0 Å². The number of pyridine rings is 1. The van der Waals surface area contributed by atoms with Crippen molar-refractivity contribution < 1.29 is 14.7 Å². The highest BCUT2D eigenvalue weighted by Crippen LogP contribution is 2.42. The monoisotopic (exact) mass is 260 g/mol. The molecule has 2 heterocycles. The fourth-order valence-corrected chi connectivity index (χ4v) is 3.49. The molecule has 3 atom stereocenters. The molecule has 0 spiro atoms. The van der Waals surface area contributed by atoms with E-state index in [1.165, 1.54) is 4.90 Å². The quantitative estimate of drug-likeness (QED) is 0.872. The van der Waals surface area contributed by atoms with Crippen LogP contribution in [-0.2, 0) is 4.79 Å². The summed E-state index contributed by atoms with van der Waals surface area (Å²) in [7, 11) is 0. The molecule has 1 N–H and O–H groups in total. The maximum atomic E-state index is 12.4. The summed E-state index contributed by atoms with van der Waals surface area (Å²) in [6.45, 7) is 0.572. The molecular formula is C14H16N2O3. The molecular weight excluding hydrogens is 244 g/mol. The Hall–Kier alpha value is -1.91. The number of nitrogens with zero attached hydrogens (tertiary/aromatic N) is 2. The van der Waals surface area contributed by atoms with Crippen LogP contribution in [-0.4, -0.2) is 39.5 Å². The second-order valence-corrected chi connectivity index (χ2v) is 5.33. The van der Waals surface area contributed by atoms with Gasteiger partial charge in [0.1, 0.15) is 6.04 Å². The number of fused-ring (bicyclic) bond motifs is 1. The molecule has 1 aromatic rings. The Bertz CT molecular complexity index is 503. The number of carbonyl (C=O) groups excluding carboxylic acids is 1. The zero-order valence-corrected chi connectivity index (χ0v) is 10.5. The van der Waals surface area contributed by atoms with Gasteiger partial charge in [-0.25, -0.2) is 4.79 Å². The van der Waals surface area contributed by atoms with E-state index in [-0.39, 0.29) is 11.8 Å². The van der Waals surface area contributed by atoms with Gasteiger partial charge in [-0.05, 0) is 36.8 Å². The number of carboxylic acid groups (broad SMARTS) is 1. The highest BCUT2D eigenvalue weighted by Gasteiger charge is 2.49. The molecule has 0 unspecified atom stereocenters. The molecule has 100 valence electrons. The van der Waals surface area contributed by atoms with Crippen molar-refractivity contribution in [1.82, 2.24) is 9.88 Å². The average molecular weight is 260 g/mol. The lowest BCUT2D eigenvalue weighted by molar-refractivity contribution is -0.142. The summed E-state index contributed by atoms with van der Waals surface area (Å²) in [6, 6.07) is 2.61. The van der Waals surface area contributed by atoms with Crippen molar-refractivity contribution in [1.29, 1.82) is 0 Å². The Morgan fingerprint density at radius 3 is 2.68 bits per heavy atom. The fourth-order valence-electron chi connectivity index (χ4n) is 3.49. The second kappa shape index (κ2) is 4.64. The van der Waals surface area contributed by atoms with Gasteiger partial charge in [-0.3, -0.25) is 9.78 Å². The smallest absolute Gasteiger partial charge is 0.326 e. The van der Waals surface area contributed by atoms with Crippen LogP contribution in [0.3, 0.4) is 0 Å². The Labute approximate surface area is 111 Å². The zero-order valence-electron chi connectivity index (χ0n) is 10.5. The summed E-state index contributed by atoms with van der Waals surface area (Å²) >= 11 is 0. The first kappa shape index (κ1) is 12.1. The number of carboxylic acids is 1. The van der Waals surface area contributed by atoms with Crippen LogP contribution < -0.4 is 0 Å². The zero-order chi connectivity index (χ0) is 13.4. The number of amides is 1. The predicted octanol–water partition coefficient (Wildman–Crippen LogP) is 1.41. The minimum Gasteiger partial charge on any atom is -0.480 e. The Balaban J connectivity index is 1.88. The third-order valence-electron chi connectivity index (χ3n) is 4.33. The third kappa shape index (κ3) is 1.99. The number of aromatic nitrogens is 1. The van der Waals surface area contributed by atoms with Gasteiger partial charge >= 0.3 is 5.97 Å². The standard InChI is InChI=1S/C14H16N2O3/c17-13(9-4-6-15-7-5-9)16-8-10-2-1-3-11(10)12(16)14(18)19/h4-7,10-12H,1-3,8H2,(H,18,19)/t10-,11-,12-/m0/s1. The van der Waals surface area contributed by atoms with Crippen LogP contribution in [0.4, 0.5) is 0 Å². The number of hydrogen-bond donors (Lipinski definition) is 1. The van der Waals surface area contributed by atoms with Crippen LogP contribution in [0, 0.1) is 11.8 Å². The molecule has 1 aliphatic carbocycles. The molecule has 5 nitrogen and oxygen atoms in total. The van der Waals surface area contributed by atoms with Gasteiger partial charge in [0.2, 0.25) is 0 Å². The van der Waals surface area contributed by atoms with Gasteiger partial charge in [-0.2, -0.15) is 0 Å². The Morgan fingerprint density at radius 2 is 2.00 bits per heavy atom. The fraction of sp³-hybridized carbons (Fsp3) is 0.500. The number of hydrogen-bond acceptors (Lipinski definition) is 3. The summed E-state index contributed by atoms with van der Waals surface area (Å²) in [6.07, 6.45) is 6.15. The molecule has 3 rings (SSSR count). The number of likely N-dealkylation sites (tertiary alicyclic amines) is 1. The number of carbonyl (C=O) groups is 2. The molecule has 5 heteroatoms. The van der Waals surface area contributed by atoms with Crippen LogP contribution in [0.2, 0.25) is 0 Å². The molecule has 0 bridgehead atoms. The van der Waals surface area contributed by atoms with Gasteiger partial charge in [-0.15, -0.1) is 0 Å². The van der Waals surface area contributed by atoms with Crippen molar-refractivity contribution in [2.75, 3.05) is 6.54 Å². The van der Waals surface area contributed by atoms with E-state index in [1.54, 1.807) is 24.5 Å². The number of aliphatic carboxylic acids is 1. The summed E-state index contributed by atoms with van der Waals surface area (Å²) < 4.78 is 0. The van der Waals surface area contributed by atoms with E-state index in [0.29, 0.717) is 18.0 Å². The van der Waals surface area contributed by atoms with Crippen LogP contribution in [0.1, 0.15) is 29.6 Å². The molecule has 2 aliphatic rings. The van der Waals surface area contributed by atoms with Crippen molar-refractivity contribution in [2.45, 2.75) is 25.3 Å². The third-order valence-corrected chi connectivity index (χ3v) is 4.33. The first-order chi connectivity index (χ1) is 9.18. The van der Waals surface area contributed by atoms with E-state index in [0.717, 1.165) is 19.3 Å². The lowest BCUT2D eigenvalue weighted by atomic mass is 9.94. The van der Waals surface area contributed by atoms with Crippen LogP contribution >= 0.6 is 0 Å². The van der Waals surface area contributed by atoms with Crippen molar-refractivity contribution >= 4 is 11.9 Å². The summed E-state index contributed by atoms with van der Waals surface area (Å²) in [5.41, 5.74) is 0.515. The van der Waals surface area contributed by atoms with Gasteiger partial charge in [0.05, 0.1) is 0 Å². The SMILES string of the molecule is O=C(O)[C@@H]1[C@H]2CCC[C@H]2CN1C(=O)c1ccncc1. The summed E-state index contributed by atoms with van der Waals surface area (Å²) in [4.78, 5) is 29.3. The minimum atomic E-state index is -0.878. The summed E-state index contributed by atoms with van der Waals surface area (Å²) in [5.74, 6) is -0.587. The van der Waals surface area contributed by atoms with Gasteiger partial charge in [0.25, 0.3) is 5.91 Å². The minimum absolute atomic E-state index is 0.128. The molecule has 1 saturated carbocycles. The Morgan fingerprint density at radius 1 is 1.26 bits per heavy atom.